The molecule has 1 aromatic carbocycles. The number of ether oxygens (including phenoxy) is 2. The van der Waals surface area contributed by atoms with Crippen LogP contribution in [0.5, 0.6) is 11.5 Å². The molecule has 0 aromatic heterocycles. The predicted molar refractivity (Wildman–Crippen MR) is 153 cm³/mol. The molecule has 0 bridgehead atoms. The van der Waals surface area contributed by atoms with Gasteiger partial charge in [0.1, 0.15) is 17.3 Å². The molecule has 1 aliphatic carbocycles. The summed E-state index contributed by atoms with van der Waals surface area (Å²) in [5.74, 6) is 2.20. The molecule has 0 N–H and O–H groups in total. The van der Waals surface area contributed by atoms with Gasteiger partial charge >= 0.3 is 0 Å². The smallest absolute Gasteiger partial charge is 0.192 e. The van der Waals surface area contributed by atoms with Crippen molar-refractivity contribution >= 4 is 36.7 Å². The van der Waals surface area contributed by atoms with Crippen LogP contribution in [0.15, 0.2) is 12.1 Å². The van der Waals surface area contributed by atoms with Gasteiger partial charge in [0.25, 0.3) is 0 Å². The number of ketones is 1. The molecule has 4 nitrogen and oxygen atoms in total. The predicted octanol–water partition coefficient (Wildman–Crippen LogP) is 8.10. The summed E-state index contributed by atoms with van der Waals surface area (Å²) in [5.41, 5.74) is 1.94. The van der Waals surface area contributed by atoms with E-state index in [0.29, 0.717) is 12.2 Å². The molecule has 6 heteroatoms. The van der Waals surface area contributed by atoms with Gasteiger partial charge < -0.3 is 13.9 Å². The molecule has 34 heavy (non-hydrogen) atoms. The van der Waals surface area contributed by atoms with Crippen molar-refractivity contribution < 1.29 is 18.7 Å². The number of halogens is 1. The van der Waals surface area contributed by atoms with E-state index < -0.39 is 8.32 Å². The molecule has 0 radical (unpaired) electrons. The second-order valence-electron chi connectivity index (χ2n) is 10.4. The highest BCUT2D eigenvalue weighted by Gasteiger charge is 2.49. The van der Waals surface area contributed by atoms with Gasteiger partial charge in [-0.15, -0.1) is 0 Å². The van der Waals surface area contributed by atoms with Gasteiger partial charge in [-0.25, -0.2) is 0 Å². The van der Waals surface area contributed by atoms with E-state index in [-0.39, 0.29) is 21.4 Å². The summed E-state index contributed by atoms with van der Waals surface area (Å²) in [6, 6.07) is 7.69. The minimum atomic E-state index is -1.83. The number of rotatable bonds is 13. The molecule has 194 valence electrons. The number of aryl methyl sites for hydroxylation is 1. The molecule has 1 fully saturated rings. The van der Waals surface area contributed by atoms with Crippen LogP contribution in [0.25, 0.3) is 0 Å². The van der Waals surface area contributed by atoms with E-state index in [1.54, 1.807) is 14.2 Å². The fourth-order valence-electron chi connectivity index (χ4n) is 5.79. The fourth-order valence-corrected chi connectivity index (χ4v) is 10.2. The van der Waals surface area contributed by atoms with Crippen molar-refractivity contribution in [3.8, 4) is 11.5 Å². The lowest BCUT2D eigenvalue weighted by Crippen LogP contribution is -2.52. The number of carbonyl (C=O) groups excluding carboxylic acids is 1. The fraction of sp³-hybridized carbons (Fsp3) is 0.750. The Morgan fingerprint density at radius 2 is 1.56 bits per heavy atom. The normalized spacial score (nSPS) is 21.6. The van der Waals surface area contributed by atoms with Crippen LogP contribution in [-0.4, -0.2) is 37.8 Å². The largest absolute Gasteiger partial charge is 0.496 e. The standard InChI is InChI=1S/C28H47IO4Si/c1-9-13-14-15-20-18-23(31-7)26(24(19-20)32-8)25-21(16-17-22(30)27(25)29)28(5,6)33-34(10-2,11-3)12-4/h18-19,21,25,27H,9-17H2,1-8H3/t21-,25-,27?/m1/s1. The minimum Gasteiger partial charge on any atom is -0.496 e. The second kappa shape index (κ2) is 13.1. The van der Waals surface area contributed by atoms with Crippen LogP contribution in [0.1, 0.15) is 90.7 Å². The highest BCUT2D eigenvalue weighted by Crippen LogP contribution is 2.52. The Morgan fingerprint density at radius 1 is 1.00 bits per heavy atom. The molecule has 0 heterocycles. The van der Waals surface area contributed by atoms with Gasteiger partial charge in [0.2, 0.25) is 0 Å². The van der Waals surface area contributed by atoms with Crippen LogP contribution in [0.2, 0.25) is 18.1 Å². The average Bonchev–Trinajstić information content (AvgIpc) is 2.83. The number of hydrogen-bond donors (Lipinski definition) is 0. The van der Waals surface area contributed by atoms with Crippen LogP contribution in [0.4, 0.5) is 0 Å². The van der Waals surface area contributed by atoms with E-state index in [1.807, 2.05) is 0 Å². The lowest BCUT2D eigenvalue weighted by Gasteiger charge is -2.48. The highest BCUT2D eigenvalue weighted by atomic mass is 127. The minimum absolute atomic E-state index is 0.0105. The second-order valence-corrected chi connectivity index (χ2v) is 16.4. The lowest BCUT2D eigenvalue weighted by atomic mass is 9.68. The summed E-state index contributed by atoms with van der Waals surface area (Å²) < 4.78 is 18.9. The van der Waals surface area contributed by atoms with Gasteiger partial charge in [-0.2, -0.15) is 0 Å². The number of hydrogen-bond acceptors (Lipinski definition) is 4. The number of alkyl halides is 1. The van der Waals surface area contributed by atoms with Crippen LogP contribution >= 0.6 is 22.6 Å². The van der Waals surface area contributed by atoms with E-state index in [1.165, 1.54) is 18.4 Å². The first-order chi connectivity index (χ1) is 16.1. The van der Waals surface area contributed by atoms with Crippen molar-refractivity contribution in [1.29, 1.82) is 0 Å². The third kappa shape index (κ3) is 6.58. The summed E-state index contributed by atoms with van der Waals surface area (Å²) in [6.07, 6.45) is 6.02. The van der Waals surface area contributed by atoms with Gasteiger partial charge in [0.05, 0.1) is 23.7 Å². The van der Waals surface area contributed by atoms with Crippen LogP contribution < -0.4 is 9.47 Å². The number of unbranched alkanes of at least 4 members (excludes halogenated alkanes) is 2. The van der Waals surface area contributed by atoms with Crippen molar-refractivity contribution in [2.24, 2.45) is 5.92 Å². The molecule has 0 spiro atoms. The molecule has 1 aliphatic rings. The van der Waals surface area contributed by atoms with Gasteiger partial charge in [0.15, 0.2) is 8.32 Å². The van der Waals surface area contributed by atoms with Crippen molar-refractivity contribution in [2.45, 2.75) is 114 Å². The van der Waals surface area contributed by atoms with Crippen LogP contribution in [0.3, 0.4) is 0 Å². The van der Waals surface area contributed by atoms with Gasteiger partial charge in [0, 0.05) is 17.9 Å². The zero-order valence-electron chi connectivity index (χ0n) is 22.8. The first-order valence-electron chi connectivity index (χ1n) is 13.2. The first kappa shape index (κ1) is 29.6. The van der Waals surface area contributed by atoms with Crippen molar-refractivity contribution in [2.75, 3.05) is 14.2 Å². The SMILES string of the molecule is CCCCCc1cc(OC)c([C@@H]2C(I)C(=O)CC[C@H]2C(C)(C)O[Si](CC)(CC)CC)c(OC)c1. The quantitative estimate of drug-likeness (QED) is 0.0991. The van der Waals surface area contributed by atoms with Crippen molar-refractivity contribution in [1.82, 2.24) is 0 Å². The van der Waals surface area contributed by atoms with E-state index in [4.69, 9.17) is 13.9 Å². The number of benzene rings is 1. The molecule has 1 unspecified atom stereocenters. The molecular weight excluding hydrogens is 555 g/mol. The van der Waals surface area contributed by atoms with Gasteiger partial charge in [-0.3, -0.25) is 4.79 Å². The summed E-state index contributed by atoms with van der Waals surface area (Å²) in [6.45, 7) is 13.6. The maximum absolute atomic E-state index is 13.0. The lowest BCUT2D eigenvalue weighted by molar-refractivity contribution is -0.122. The summed E-state index contributed by atoms with van der Waals surface area (Å²) in [7, 11) is 1.65. The molecule has 1 saturated carbocycles. The monoisotopic (exact) mass is 602 g/mol. The summed E-state index contributed by atoms with van der Waals surface area (Å²) in [5, 5.41) is 0. The van der Waals surface area contributed by atoms with Crippen LogP contribution in [-0.2, 0) is 15.6 Å². The Hall–Kier alpha value is -0.603. The number of carbonyl (C=O) groups is 1. The Kier molecular flexibility index (Phi) is 11.4. The molecule has 3 atom stereocenters. The van der Waals surface area contributed by atoms with E-state index in [0.717, 1.165) is 54.5 Å². The zero-order valence-corrected chi connectivity index (χ0v) is 25.9. The van der Waals surface area contributed by atoms with E-state index in [9.17, 15) is 4.79 Å². The van der Waals surface area contributed by atoms with Crippen LogP contribution in [0, 0.1) is 5.92 Å². The average molecular weight is 603 g/mol. The first-order valence-corrected chi connectivity index (χ1v) is 17.0. The molecule has 0 saturated heterocycles. The van der Waals surface area contributed by atoms with Crippen molar-refractivity contribution in [3.05, 3.63) is 23.3 Å². The third-order valence-electron chi connectivity index (χ3n) is 8.07. The van der Waals surface area contributed by atoms with Gasteiger partial charge in [-0.1, -0.05) is 63.1 Å². The molecule has 0 amide bonds. The van der Waals surface area contributed by atoms with E-state index in [2.05, 4.69) is 76.3 Å². The Bertz CT molecular complexity index is 772. The number of Topliss-reactive ketones (excluding diaryl/α,β-unsaturated/α-hetero) is 1. The van der Waals surface area contributed by atoms with Gasteiger partial charge in [-0.05, 0) is 74.9 Å². The molecular formula is C28H47IO4Si. The third-order valence-corrected chi connectivity index (χ3v) is 14.4. The summed E-state index contributed by atoms with van der Waals surface area (Å²) in [4.78, 5) is 13.0. The highest BCUT2D eigenvalue weighted by molar-refractivity contribution is 14.1. The maximum atomic E-state index is 13.0. The molecule has 0 aliphatic heterocycles. The summed E-state index contributed by atoms with van der Waals surface area (Å²) >= 11 is 2.37. The molecule has 1 aromatic rings. The molecule has 2 rings (SSSR count). The zero-order chi connectivity index (χ0) is 25.5. The Balaban J connectivity index is 2.58. The maximum Gasteiger partial charge on any atom is 0.192 e. The Morgan fingerprint density at radius 3 is 2.03 bits per heavy atom. The Labute approximate surface area is 223 Å². The topological polar surface area (TPSA) is 44.8 Å². The van der Waals surface area contributed by atoms with E-state index >= 15 is 0 Å². The van der Waals surface area contributed by atoms with Crippen molar-refractivity contribution in [3.63, 3.8) is 0 Å². The number of methoxy groups -OCH3 is 2.